The van der Waals surface area contributed by atoms with Crippen LogP contribution in [0.25, 0.3) is 11.2 Å². The van der Waals surface area contributed by atoms with Gasteiger partial charge in [-0.15, -0.1) is 0 Å². The molecule has 45 heavy (non-hydrogen) atoms. The number of fused-ring (bicyclic) bond motifs is 2. The van der Waals surface area contributed by atoms with Crippen molar-refractivity contribution < 1.29 is 28.5 Å². The molecule has 0 radical (unpaired) electrons. The predicted molar refractivity (Wildman–Crippen MR) is 163 cm³/mol. The Labute approximate surface area is 258 Å². The SMILES string of the molecule is CC1(C)OC2C(COc3ncccc3OCc3ccccc3)OC(n3cnc4c(NC(=O)Nc5ccccc5)ncnc43)C2O1. The molecule has 0 bridgehead atoms. The number of ether oxygens (including phenoxy) is 5. The highest BCUT2D eigenvalue weighted by molar-refractivity contribution is 6.02. The minimum Gasteiger partial charge on any atom is -0.483 e. The first-order chi connectivity index (χ1) is 21.9. The van der Waals surface area contributed by atoms with E-state index >= 15 is 0 Å². The van der Waals surface area contributed by atoms with Gasteiger partial charge in [-0.25, -0.2) is 24.7 Å². The van der Waals surface area contributed by atoms with Crippen LogP contribution in [0.4, 0.5) is 16.3 Å². The molecule has 2 aliphatic heterocycles. The number of hydrogen-bond donors (Lipinski definition) is 2. The number of para-hydroxylation sites is 1. The number of anilines is 2. The third-order valence-electron chi connectivity index (χ3n) is 7.38. The van der Waals surface area contributed by atoms with Crippen molar-refractivity contribution in [3.05, 3.63) is 97.2 Å². The maximum atomic E-state index is 12.7. The number of urea groups is 1. The molecular formula is C32H31N7O6. The van der Waals surface area contributed by atoms with E-state index in [1.807, 2.05) is 68.4 Å². The van der Waals surface area contributed by atoms with Gasteiger partial charge in [0, 0.05) is 11.9 Å². The van der Waals surface area contributed by atoms with Crippen LogP contribution in [0, 0.1) is 0 Å². The van der Waals surface area contributed by atoms with Crippen LogP contribution < -0.4 is 20.1 Å². The summed E-state index contributed by atoms with van der Waals surface area (Å²) < 4.78 is 33.0. The number of rotatable bonds is 9. The van der Waals surface area contributed by atoms with Crippen LogP contribution in [-0.2, 0) is 20.8 Å². The second-order valence-corrected chi connectivity index (χ2v) is 11.0. The lowest BCUT2D eigenvalue weighted by Gasteiger charge is -2.25. The molecule has 5 heterocycles. The maximum absolute atomic E-state index is 12.7. The van der Waals surface area contributed by atoms with Crippen molar-refractivity contribution in [1.29, 1.82) is 0 Å². The lowest BCUT2D eigenvalue weighted by molar-refractivity contribution is -0.199. The smallest absolute Gasteiger partial charge is 0.324 e. The van der Waals surface area contributed by atoms with Gasteiger partial charge in [0.25, 0.3) is 5.88 Å². The second kappa shape index (κ2) is 12.1. The summed E-state index contributed by atoms with van der Waals surface area (Å²) in [7, 11) is 0. The molecule has 4 unspecified atom stereocenters. The van der Waals surface area contributed by atoms with Gasteiger partial charge in [-0.3, -0.25) is 9.88 Å². The Morgan fingerprint density at radius 1 is 0.889 bits per heavy atom. The summed E-state index contributed by atoms with van der Waals surface area (Å²) in [6.07, 6.45) is 2.50. The molecule has 2 amide bonds. The molecule has 0 saturated carbocycles. The van der Waals surface area contributed by atoms with E-state index in [9.17, 15) is 4.79 Å². The third-order valence-corrected chi connectivity index (χ3v) is 7.38. The average Bonchev–Trinajstić information content (AvgIpc) is 3.71. The van der Waals surface area contributed by atoms with Crippen LogP contribution in [0.3, 0.4) is 0 Å². The van der Waals surface area contributed by atoms with Gasteiger partial charge < -0.3 is 29.0 Å². The fourth-order valence-corrected chi connectivity index (χ4v) is 5.43. The van der Waals surface area contributed by atoms with Crippen molar-refractivity contribution in [2.24, 2.45) is 0 Å². The molecule has 13 heteroatoms. The van der Waals surface area contributed by atoms with E-state index < -0.39 is 36.4 Å². The molecular weight excluding hydrogens is 578 g/mol. The van der Waals surface area contributed by atoms with E-state index in [1.54, 1.807) is 35.3 Å². The van der Waals surface area contributed by atoms with Gasteiger partial charge in [0.2, 0.25) is 0 Å². The van der Waals surface area contributed by atoms with E-state index in [0.29, 0.717) is 35.1 Å². The average molecular weight is 610 g/mol. The van der Waals surface area contributed by atoms with Gasteiger partial charge in [-0.1, -0.05) is 48.5 Å². The van der Waals surface area contributed by atoms with Crippen LogP contribution >= 0.6 is 0 Å². The third kappa shape index (κ3) is 6.13. The first-order valence-electron chi connectivity index (χ1n) is 14.5. The largest absolute Gasteiger partial charge is 0.483 e. The van der Waals surface area contributed by atoms with Crippen LogP contribution in [-0.4, -0.2) is 61.2 Å². The van der Waals surface area contributed by atoms with Crippen molar-refractivity contribution in [2.45, 2.75) is 50.8 Å². The number of pyridine rings is 1. The van der Waals surface area contributed by atoms with Gasteiger partial charge in [-0.2, -0.15) is 0 Å². The van der Waals surface area contributed by atoms with E-state index in [-0.39, 0.29) is 12.4 Å². The standard InChI is InChI=1S/C32H31N7O6/c1-32(2)44-25-23(17-42-29-22(14-9-15-33-29)41-16-20-10-5-3-6-11-20)43-30(26(25)45-32)39-19-36-24-27(34-18-35-28(24)39)38-31(40)37-21-12-7-4-8-13-21/h3-15,18-19,23,25-26,30H,16-17H2,1-2H3,(H2,34,35,37,38,40). The van der Waals surface area contributed by atoms with Gasteiger partial charge in [0.15, 0.2) is 34.7 Å². The second-order valence-electron chi connectivity index (χ2n) is 11.0. The van der Waals surface area contributed by atoms with Crippen molar-refractivity contribution >= 4 is 28.7 Å². The number of nitrogens with one attached hydrogen (secondary N) is 2. The monoisotopic (exact) mass is 609 g/mol. The minimum atomic E-state index is -0.849. The summed E-state index contributed by atoms with van der Waals surface area (Å²) in [5.74, 6) is 0.271. The van der Waals surface area contributed by atoms with E-state index in [1.165, 1.54) is 6.33 Å². The number of nitrogens with zero attached hydrogens (tertiary/aromatic N) is 5. The summed E-state index contributed by atoms with van der Waals surface area (Å²) in [5.41, 5.74) is 2.53. The summed E-state index contributed by atoms with van der Waals surface area (Å²) in [6.45, 7) is 4.22. The number of aromatic nitrogens is 5. The van der Waals surface area contributed by atoms with Gasteiger partial charge in [-0.05, 0) is 43.7 Å². The number of hydrogen-bond acceptors (Lipinski definition) is 10. The Morgan fingerprint density at radius 3 is 2.49 bits per heavy atom. The van der Waals surface area contributed by atoms with Crippen molar-refractivity contribution in [2.75, 3.05) is 17.2 Å². The highest BCUT2D eigenvalue weighted by Crippen LogP contribution is 2.44. The Bertz CT molecular complexity index is 1790. The van der Waals surface area contributed by atoms with Crippen LogP contribution in [0.15, 0.2) is 91.6 Å². The number of benzene rings is 2. The molecule has 4 atom stereocenters. The van der Waals surface area contributed by atoms with Gasteiger partial charge in [0.05, 0.1) is 6.33 Å². The molecule has 2 N–H and O–H groups in total. The van der Waals surface area contributed by atoms with Gasteiger partial charge >= 0.3 is 6.03 Å². The maximum Gasteiger partial charge on any atom is 0.324 e. The number of imidazole rings is 1. The Balaban J connectivity index is 1.08. The highest BCUT2D eigenvalue weighted by Gasteiger charge is 2.56. The lowest BCUT2D eigenvalue weighted by atomic mass is 10.1. The van der Waals surface area contributed by atoms with Gasteiger partial charge in [0.1, 0.15) is 37.9 Å². The fourth-order valence-electron chi connectivity index (χ4n) is 5.43. The molecule has 3 aromatic heterocycles. The number of carbonyl (C=O) groups excluding carboxylic acids is 1. The van der Waals surface area contributed by atoms with Crippen LogP contribution in [0.2, 0.25) is 0 Å². The van der Waals surface area contributed by atoms with Crippen LogP contribution in [0.1, 0.15) is 25.6 Å². The molecule has 0 aliphatic carbocycles. The molecule has 2 fully saturated rings. The van der Waals surface area contributed by atoms with E-state index in [4.69, 9.17) is 23.7 Å². The van der Waals surface area contributed by atoms with Crippen molar-refractivity contribution in [3.8, 4) is 11.6 Å². The molecule has 2 aromatic carbocycles. The Morgan fingerprint density at radius 2 is 1.67 bits per heavy atom. The molecule has 230 valence electrons. The summed E-state index contributed by atoms with van der Waals surface area (Å²) >= 11 is 0. The fraction of sp³-hybridized carbons (Fsp3) is 0.281. The number of amides is 2. The minimum absolute atomic E-state index is 0.129. The van der Waals surface area contributed by atoms with Crippen molar-refractivity contribution in [3.63, 3.8) is 0 Å². The summed E-state index contributed by atoms with van der Waals surface area (Å²) in [6, 6.07) is 22.1. The first-order valence-corrected chi connectivity index (χ1v) is 14.5. The molecule has 2 aliphatic rings. The summed E-state index contributed by atoms with van der Waals surface area (Å²) in [4.78, 5) is 30.3. The number of carbonyl (C=O) groups is 1. The zero-order valence-electron chi connectivity index (χ0n) is 24.6. The summed E-state index contributed by atoms with van der Waals surface area (Å²) in [5, 5.41) is 5.53. The van der Waals surface area contributed by atoms with Crippen molar-refractivity contribution in [1.82, 2.24) is 24.5 Å². The topological polar surface area (TPSA) is 144 Å². The zero-order valence-corrected chi connectivity index (χ0v) is 24.6. The van der Waals surface area contributed by atoms with Crippen LogP contribution in [0.5, 0.6) is 11.6 Å². The predicted octanol–water partition coefficient (Wildman–Crippen LogP) is 4.94. The normalized spacial score (nSPS) is 21.7. The quantitative estimate of drug-likeness (QED) is 0.236. The Hall–Kier alpha value is -5.11. The highest BCUT2D eigenvalue weighted by atomic mass is 16.8. The van der Waals surface area contributed by atoms with E-state index in [0.717, 1.165) is 5.56 Å². The van der Waals surface area contributed by atoms with E-state index in [2.05, 4.69) is 30.6 Å². The molecule has 2 saturated heterocycles. The molecule has 0 spiro atoms. The Kier molecular flexibility index (Phi) is 7.71. The molecule has 13 nitrogen and oxygen atoms in total. The zero-order chi connectivity index (χ0) is 30.8. The lowest BCUT2D eigenvalue weighted by Crippen LogP contribution is -2.34. The first kappa shape index (κ1) is 28.6. The molecule has 5 aromatic rings. The molecule has 7 rings (SSSR count).